The largest absolute Gasteiger partial charge is 0.573 e. The molecule has 0 amide bonds. The number of alkyl halides is 3. The number of benzene rings is 1. The Morgan fingerprint density at radius 3 is 2.42 bits per heavy atom. The van der Waals surface area contributed by atoms with E-state index in [9.17, 15) is 13.2 Å². The first-order valence-electron chi connectivity index (χ1n) is 5.07. The minimum absolute atomic E-state index is 0.205. The van der Waals surface area contributed by atoms with Gasteiger partial charge in [-0.15, -0.1) is 13.2 Å². The van der Waals surface area contributed by atoms with E-state index in [2.05, 4.69) is 25.7 Å². The van der Waals surface area contributed by atoms with Crippen LogP contribution in [0.15, 0.2) is 47.1 Å². The molecule has 0 N–H and O–H groups in total. The molecule has 0 aliphatic carbocycles. The second kappa shape index (κ2) is 5.48. The fraction of sp³-hybridized carbons (Fsp3) is 0.0833. The zero-order chi connectivity index (χ0) is 13.9. The molecule has 100 valence electrons. The summed E-state index contributed by atoms with van der Waals surface area (Å²) in [6.45, 7) is 0. The molecular weight excluding hydrogens is 327 g/mol. The summed E-state index contributed by atoms with van der Waals surface area (Å²) in [5.41, 5.74) is 0. The minimum atomic E-state index is -4.73. The summed E-state index contributed by atoms with van der Waals surface area (Å²) in [6, 6.07) is 8.52. The van der Waals surface area contributed by atoms with Crippen molar-refractivity contribution in [1.82, 2.24) is 4.98 Å². The molecule has 0 aliphatic rings. The van der Waals surface area contributed by atoms with Crippen molar-refractivity contribution in [2.45, 2.75) is 6.36 Å². The summed E-state index contributed by atoms with van der Waals surface area (Å²) in [6.07, 6.45) is -3.21. The molecule has 1 aromatic carbocycles. The van der Waals surface area contributed by atoms with Crippen LogP contribution < -0.4 is 9.47 Å². The Hall–Kier alpha value is -1.76. The van der Waals surface area contributed by atoms with Gasteiger partial charge in [0.1, 0.15) is 11.5 Å². The fourth-order valence-corrected chi connectivity index (χ4v) is 1.51. The Kier molecular flexibility index (Phi) is 3.94. The molecule has 0 saturated heterocycles. The van der Waals surface area contributed by atoms with Gasteiger partial charge in [0, 0.05) is 22.8 Å². The standard InChI is InChI=1S/C12H7BrF3NO2/c13-8-4-5-11(17-7-8)18-9-2-1-3-10(6-9)19-12(14,15)16/h1-7H. The van der Waals surface area contributed by atoms with E-state index < -0.39 is 6.36 Å². The van der Waals surface area contributed by atoms with E-state index in [1.807, 2.05) is 0 Å². The number of ether oxygens (including phenoxy) is 2. The second-order valence-electron chi connectivity index (χ2n) is 3.44. The van der Waals surface area contributed by atoms with Crippen LogP contribution in [0.5, 0.6) is 17.4 Å². The number of hydrogen-bond donors (Lipinski definition) is 0. The fourth-order valence-electron chi connectivity index (χ4n) is 1.28. The number of rotatable bonds is 3. The van der Waals surface area contributed by atoms with E-state index in [-0.39, 0.29) is 17.4 Å². The van der Waals surface area contributed by atoms with Crippen molar-refractivity contribution in [3.8, 4) is 17.4 Å². The number of nitrogens with zero attached hydrogens (tertiary/aromatic N) is 1. The third-order valence-electron chi connectivity index (χ3n) is 1.96. The molecule has 0 fully saturated rings. The van der Waals surface area contributed by atoms with Crippen molar-refractivity contribution in [2.24, 2.45) is 0 Å². The number of aromatic nitrogens is 1. The van der Waals surface area contributed by atoms with Crippen LogP contribution in [-0.4, -0.2) is 11.3 Å². The summed E-state index contributed by atoms with van der Waals surface area (Å²) < 4.78 is 46.1. The quantitative estimate of drug-likeness (QED) is 0.826. The van der Waals surface area contributed by atoms with Crippen molar-refractivity contribution >= 4 is 15.9 Å². The van der Waals surface area contributed by atoms with Crippen LogP contribution in [0.25, 0.3) is 0 Å². The first-order chi connectivity index (χ1) is 8.92. The molecule has 1 aromatic heterocycles. The lowest BCUT2D eigenvalue weighted by Gasteiger charge is -2.10. The molecule has 2 aromatic rings. The highest BCUT2D eigenvalue weighted by atomic mass is 79.9. The lowest BCUT2D eigenvalue weighted by atomic mass is 10.3. The Labute approximate surface area is 115 Å². The predicted molar refractivity (Wildman–Crippen MR) is 65.1 cm³/mol. The Morgan fingerprint density at radius 2 is 1.79 bits per heavy atom. The highest BCUT2D eigenvalue weighted by Crippen LogP contribution is 2.28. The molecule has 0 spiro atoms. The molecule has 1 heterocycles. The molecule has 3 nitrogen and oxygen atoms in total. The maximum Gasteiger partial charge on any atom is 0.573 e. The third kappa shape index (κ3) is 4.44. The highest BCUT2D eigenvalue weighted by Gasteiger charge is 2.31. The van der Waals surface area contributed by atoms with Crippen LogP contribution in [0.3, 0.4) is 0 Å². The van der Waals surface area contributed by atoms with Crippen molar-refractivity contribution in [1.29, 1.82) is 0 Å². The maximum absolute atomic E-state index is 12.1. The van der Waals surface area contributed by atoms with Gasteiger partial charge in [-0.25, -0.2) is 4.98 Å². The average Bonchev–Trinajstić information content (AvgIpc) is 2.30. The Balaban J connectivity index is 2.13. The molecule has 7 heteroatoms. The van der Waals surface area contributed by atoms with Crippen LogP contribution in [0, 0.1) is 0 Å². The average molecular weight is 334 g/mol. The summed E-state index contributed by atoms with van der Waals surface area (Å²) in [4.78, 5) is 3.95. The second-order valence-corrected chi connectivity index (χ2v) is 4.36. The SMILES string of the molecule is FC(F)(F)Oc1cccc(Oc2ccc(Br)cn2)c1. The van der Waals surface area contributed by atoms with Gasteiger partial charge < -0.3 is 9.47 Å². The topological polar surface area (TPSA) is 31.4 Å². The number of pyridine rings is 1. The summed E-state index contributed by atoms with van der Waals surface area (Å²) in [5, 5.41) is 0. The minimum Gasteiger partial charge on any atom is -0.439 e. The summed E-state index contributed by atoms with van der Waals surface area (Å²) in [7, 11) is 0. The van der Waals surface area contributed by atoms with Crippen molar-refractivity contribution in [3.05, 3.63) is 47.1 Å². The molecule has 0 aliphatic heterocycles. The monoisotopic (exact) mass is 333 g/mol. The first kappa shape index (κ1) is 13.7. The Morgan fingerprint density at radius 1 is 1.05 bits per heavy atom. The number of hydrogen-bond acceptors (Lipinski definition) is 3. The normalized spacial score (nSPS) is 11.2. The molecule has 0 saturated carbocycles. The van der Waals surface area contributed by atoms with E-state index in [1.165, 1.54) is 24.4 Å². The first-order valence-corrected chi connectivity index (χ1v) is 5.87. The highest BCUT2D eigenvalue weighted by molar-refractivity contribution is 9.10. The summed E-state index contributed by atoms with van der Waals surface area (Å²) in [5.74, 6) is 0.131. The van der Waals surface area contributed by atoms with Gasteiger partial charge >= 0.3 is 6.36 Å². The van der Waals surface area contributed by atoms with Gasteiger partial charge in [-0.3, -0.25) is 0 Å². The number of halogens is 4. The Bertz CT molecular complexity index is 558. The molecule has 2 rings (SSSR count). The lowest BCUT2D eigenvalue weighted by molar-refractivity contribution is -0.274. The van der Waals surface area contributed by atoms with E-state index in [0.717, 1.165) is 10.5 Å². The molecule has 0 atom stereocenters. The molecule has 19 heavy (non-hydrogen) atoms. The van der Waals surface area contributed by atoms with E-state index in [1.54, 1.807) is 12.1 Å². The van der Waals surface area contributed by atoms with Gasteiger partial charge in [-0.05, 0) is 34.1 Å². The van der Waals surface area contributed by atoms with Gasteiger partial charge in [-0.1, -0.05) is 6.07 Å². The zero-order valence-electron chi connectivity index (χ0n) is 9.32. The van der Waals surface area contributed by atoms with E-state index >= 15 is 0 Å². The van der Waals surface area contributed by atoms with Crippen molar-refractivity contribution in [3.63, 3.8) is 0 Å². The van der Waals surface area contributed by atoms with Crippen LogP contribution in [-0.2, 0) is 0 Å². The van der Waals surface area contributed by atoms with Crippen LogP contribution in [0.4, 0.5) is 13.2 Å². The van der Waals surface area contributed by atoms with E-state index in [4.69, 9.17) is 4.74 Å². The van der Waals surface area contributed by atoms with Gasteiger partial charge in [-0.2, -0.15) is 0 Å². The summed E-state index contributed by atoms with van der Waals surface area (Å²) >= 11 is 3.21. The van der Waals surface area contributed by atoms with Crippen LogP contribution >= 0.6 is 15.9 Å². The molecule has 0 unspecified atom stereocenters. The van der Waals surface area contributed by atoms with Gasteiger partial charge in [0.25, 0.3) is 0 Å². The molecule has 0 radical (unpaired) electrons. The van der Waals surface area contributed by atoms with Gasteiger partial charge in [0.05, 0.1) is 0 Å². The van der Waals surface area contributed by atoms with Crippen molar-refractivity contribution < 1.29 is 22.6 Å². The van der Waals surface area contributed by atoms with Gasteiger partial charge in [0.15, 0.2) is 0 Å². The van der Waals surface area contributed by atoms with Crippen LogP contribution in [0.2, 0.25) is 0 Å². The van der Waals surface area contributed by atoms with Crippen molar-refractivity contribution in [2.75, 3.05) is 0 Å². The molecular formula is C12H7BrF3NO2. The third-order valence-corrected chi connectivity index (χ3v) is 2.43. The van der Waals surface area contributed by atoms with Gasteiger partial charge in [0.2, 0.25) is 5.88 Å². The molecule has 0 bridgehead atoms. The van der Waals surface area contributed by atoms with Crippen LogP contribution in [0.1, 0.15) is 0 Å². The predicted octanol–water partition coefficient (Wildman–Crippen LogP) is 4.54. The smallest absolute Gasteiger partial charge is 0.439 e. The van der Waals surface area contributed by atoms with E-state index in [0.29, 0.717) is 0 Å². The maximum atomic E-state index is 12.1. The zero-order valence-corrected chi connectivity index (χ0v) is 10.9. The lowest BCUT2D eigenvalue weighted by Crippen LogP contribution is -2.17.